The van der Waals surface area contributed by atoms with Gasteiger partial charge in [-0.3, -0.25) is 33.3 Å². The summed E-state index contributed by atoms with van der Waals surface area (Å²) in [5.74, 6) is 0.0470. The van der Waals surface area contributed by atoms with E-state index in [0.29, 0.717) is 116 Å². The summed E-state index contributed by atoms with van der Waals surface area (Å²) in [4.78, 5) is 104. The van der Waals surface area contributed by atoms with Crippen molar-refractivity contribution in [2.24, 2.45) is 7.05 Å². The van der Waals surface area contributed by atoms with Crippen molar-refractivity contribution < 1.29 is 152 Å². The third kappa shape index (κ3) is 22.4. The summed E-state index contributed by atoms with van der Waals surface area (Å²) >= 11 is 0. The summed E-state index contributed by atoms with van der Waals surface area (Å²) in [7, 11) is 1.88. The van der Waals surface area contributed by atoms with E-state index < -0.39 is 17.1 Å². The predicted octanol–water partition coefficient (Wildman–Crippen LogP) is 19.1. The first kappa shape index (κ1) is 96.1. The molecule has 23 rings (SSSR count). The number of hydrogen-bond acceptors (Lipinski definition) is 20. The number of hydrogen-bond donors (Lipinski definition) is 0. The molecule has 0 bridgehead atoms. The Labute approximate surface area is 800 Å². The number of fused-ring (bicyclic) bond motifs is 17. The molecular formula is C99H56FIr6N9O12-8. The smallest absolute Gasteiger partial charge is 0.327 e. The number of pyridine rings is 7. The molecule has 127 heavy (non-hydrogen) atoms. The number of benzene rings is 9. The SMILES string of the molecule is Cn1c(-c2[c-]c3ccccc3oc2=O)nc2ccccc21.O=c1oc2ccc[c-]c2c2ncccc12.O=c1oc2cccnc2c2[c-]cc(F)cc12.O=c1oc2cccnc2c2[c-]cccc12.O=c1oc2cccnc2c2[c-]cccc12.O=c1oc2cccnc2c2[c-]cccc12.[Ir].[Ir].[Ir].[Ir].[Ir].[Ir].[c-]1ccccc1-c1ccccn1.[c-]1ccccc1-c1ccccn1. The van der Waals surface area contributed by atoms with E-state index in [-0.39, 0.29) is 149 Å². The number of aromatic nitrogens is 9. The Morgan fingerprint density at radius 1 is 0.299 bits per heavy atom. The zero-order valence-electron chi connectivity index (χ0n) is 65.4. The second kappa shape index (κ2) is 45.7. The second-order valence-electron chi connectivity index (χ2n) is 26.0. The number of para-hydroxylation sites is 3. The zero-order valence-corrected chi connectivity index (χ0v) is 79.8. The van der Waals surface area contributed by atoms with Crippen molar-refractivity contribution in [3.8, 4) is 33.9 Å². The molecule has 14 aromatic heterocycles. The van der Waals surface area contributed by atoms with Crippen LogP contribution in [0.4, 0.5) is 4.39 Å². The van der Waals surface area contributed by atoms with Gasteiger partial charge in [-0.15, -0.1) is 215 Å². The Morgan fingerprint density at radius 3 is 1.12 bits per heavy atom. The Hall–Kier alpha value is -13.1. The van der Waals surface area contributed by atoms with Crippen molar-refractivity contribution in [3.63, 3.8) is 0 Å². The van der Waals surface area contributed by atoms with Crippen molar-refractivity contribution in [3.05, 3.63) is 439 Å². The standard InChI is InChI=1S/C17H11N2O2.C12H5FNO2.4C12H6NO2.2C11H8N.6Ir/c1-19-14-8-4-3-7-13(14)18-16(19)12-10-11-6-2-5-9-15(11)21-17(12)20;13-7-3-4-8-9(6-7)12(15)16-10-2-1-5-14-11(8)10;14-12-9-5-3-7-13-11(9)8-4-1-2-6-10(8)15-12;3*14-12-9-5-2-1-4-8(9)11-10(15-12)6-3-7-13-11;2*1-2-6-10(7-3-1)11-8-4-5-9-12-11;;;;;;/h2-9H,1H3;1-3,5-6H;4*1-3,5-7H;2*1-6,8-9H;;;;;;/q8*-1;;;;;;. The maximum absolute atomic E-state index is 13.0. The fourth-order valence-corrected chi connectivity index (χ4v) is 12.8. The molecule has 0 aliphatic carbocycles. The number of nitrogens with zero attached hydrogens (tertiary/aromatic N) is 9. The molecule has 21 nitrogen and oxygen atoms in total. The molecule has 638 valence electrons. The number of imidazole rings is 1. The second-order valence-corrected chi connectivity index (χ2v) is 26.0. The largest absolute Gasteiger partial charge is 0.496 e. The maximum Gasteiger partial charge on any atom is 0.327 e. The van der Waals surface area contributed by atoms with E-state index in [1.165, 1.54) is 6.07 Å². The van der Waals surface area contributed by atoms with Crippen LogP contribution < -0.4 is 33.8 Å². The third-order valence-electron chi connectivity index (χ3n) is 18.3. The molecule has 9 aromatic carbocycles. The summed E-state index contributed by atoms with van der Waals surface area (Å²) in [6.45, 7) is 0. The van der Waals surface area contributed by atoms with Gasteiger partial charge in [0.15, 0.2) is 0 Å². The quantitative estimate of drug-likeness (QED) is 0.0902. The van der Waals surface area contributed by atoms with Crippen molar-refractivity contribution in [1.29, 1.82) is 0 Å². The molecular weight excluding hydrogens is 2680 g/mol. The van der Waals surface area contributed by atoms with Gasteiger partial charge in [-0.25, -0.2) is 4.79 Å². The van der Waals surface area contributed by atoms with Gasteiger partial charge in [0.2, 0.25) is 0 Å². The van der Waals surface area contributed by atoms with E-state index >= 15 is 0 Å². The topological polar surface area (TPSA) is 289 Å². The Kier molecular flexibility index (Phi) is 34.6. The summed E-state index contributed by atoms with van der Waals surface area (Å²) in [6, 6.07) is 107. The fraction of sp³-hybridized carbons (Fsp3) is 0.0101. The van der Waals surface area contributed by atoms with Gasteiger partial charge < -0.3 is 66.0 Å². The maximum atomic E-state index is 13.0. The summed E-state index contributed by atoms with van der Waals surface area (Å²) < 4.78 is 45.8. The van der Waals surface area contributed by atoms with Crippen LogP contribution in [-0.2, 0) is 128 Å². The van der Waals surface area contributed by atoms with Crippen LogP contribution in [0.1, 0.15) is 0 Å². The van der Waals surface area contributed by atoms with Crippen molar-refractivity contribution in [2.75, 3.05) is 0 Å². The van der Waals surface area contributed by atoms with Crippen LogP contribution in [0.2, 0.25) is 0 Å². The summed E-state index contributed by atoms with van der Waals surface area (Å²) in [6.07, 6.45) is 11.8. The van der Waals surface area contributed by atoms with Crippen molar-refractivity contribution in [1.82, 2.24) is 44.4 Å². The van der Waals surface area contributed by atoms with Crippen LogP contribution in [0.15, 0.2) is 378 Å². The Morgan fingerprint density at radius 2 is 0.654 bits per heavy atom. The van der Waals surface area contributed by atoms with Crippen LogP contribution in [0.3, 0.4) is 0 Å². The first-order valence-electron chi connectivity index (χ1n) is 37.1. The molecule has 6 radical (unpaired) electrons. The van der Waals surface area contributed by atoms with E-state index in [2.05, 4.69) is 88.4 Å². The van der Waals surface area contributed by atoms with Gasteiger partial charge in [0.1, 0.15) is 22.3 Å². The molecule has 14 heterocycles. The van der Waals surface area contributed by atoms with E-state index in [4.69, 9.17) is 26.5 Å². The van der Waals surface area contributed by atoms with Gasteiger partial charge in [0, 0.05) is 221 Å². The molecule has 0 aliphatic rings. The molecule has 0 amide bonds. The fourth-order valence-electron chi connectivity index (χ4n) is 12.8. The van der Waals surface area contributed by atoms with E-state index in [0.717, 1.165) is 50.4 Å². The van der Waals surface area contributed by atoms with Gasteiger partial charge in [0.25, 0.3) is 28.1 Å². The monoisotopic (exact) mass is 2740 g/mol. The van der Waals surface area contributed by atoms with Crippen LogP contribution in [0, 0.1) is 54.3 Å². The Bertz CT molecular complexity index is 7460. The van der Waals surface area contributed by atoms with E-state index in [9.17, 15) is 33.2 Å². The van der Waals surface area contributed by atoms with Crippen LogP contribution in [0.25, 0.3) is 165 Å². The van der Waals surface area contributed by atoms with Crippen LogP contribution in [-0.4, -0.2) is 44.4 Å². The molecule has 0 saturated carbocycles. The average molecular weight is 2740 g/mol. The number of halogens is 1. The third-order valence-corrected chi connectivity index (χ3v) is 18.3. The number of rotatable bonds is 3. The molecule has 0 unspecified atom stereocenters. The molecule has 23 aromatic rings. The minimum absolute atomic E-state index is 0. The molecule has 0 N–H and O–H groups in total. The zero-order chi connectivity index (χ0) is 83.0. The molecule has 0 aliphatic heterocycles. The van der Waals surface area contributed by atoms with Crippen molar-refractivity contribution >= 4 is 131 Å². The summed E-state index contributed by atoms with van der Waals surface area (Å²) in [5.41, 5.74) is 9.89. The summed E-state index contributed by atoms with van der Waals surface area (Å²) in [5, 5.41) is 6.33. The minimum Gasteiger partial charge on any atom is -0.496 e. The molecule has 0 spiro atoms. The Balaban J connectivity index is 0.000000151. The predicted molar refractivity (Wildman–Crippen MR) is 461 cm³/mol. The number of aryl methyl sites for hydroxylation is 1. The van der Waals surface area contributed by atoms with Gasteiger partial charge >= 0.3 is 5.63 Å². The average Bonchev–Trinajstić information content (AvgIpc) is 1.76. The van der Waals surface area contributed by atoms with E-state index in [1.54, 1.807) is 183 Å². The van der Waals surface area contributed by atoms with Crippen LogP contribution >= 0.6 is 0 Å². The van der Waals surface area contributed by atoms with Gasteiger partial charge in [0.05, 0.1) is 22.4 Å². The molecule has 0 fully saturated rings. The molecule has 28 heteroatoms. The van der Waals surface area contributed by atoms with Crippen LogP contribution in [0.5, 0.6) is 0 Å². The molecule has 0 atom stereocenters. The van der Waals surface area contributed by atoms with Gasteiger partial charge in [-0.05, 0) is 112 Å². The van der Waals surface area contributed by atoms with Gasteiger partial charge in [-0.1, -0.05) is 77.5 Å². The first-order chi connectivity index (χ1) is 59.4. The van der Waals surface area contributed by atoms with Gasteiger partial charge in [-0.2, -0.15) is 0 Å². The van der Waals surface area contributed by atoms with Crippen molar-refractivity contribution in [2.45, 2.75) is 0 Å². The normalized spacial score (nSPS) is 10.3. The molecule has 0 saturated heterocycles. The first-order valence-corrected chi connectivity index (χ1v) is 37.1. The van der Waals surface area contributed by atoms with E-state index in [1.807, 2.05) is 139 Å². The minimum atomic E-state index is -0.578.